The van der Waals surface area contributed by atoms with Crippen molar-refractivity contribution in [3.8, 4) is 0 Å². The summed E-state index contributed by atoms with van der Waals surface area (Å²) in [6.07, 6.45) is 0.907. The van der Waals surface area contributed by atoms with Gasteiger partial charge in [0.1, 0.15) is 0 Å². The third-order valence-electron chi connectivity index (χ3n) is 2.13. The average Bonchev–Trinajstić information content (AvgIpc) is 2.58. The molecule has 0 aliphatic carbocycles. The van der Waals surface area contributed by atoms with Crippen LogP contribution in [0.25, 0.3) is 10.1 Å². The summed E-state index contributed by atoms with van der Waals surface area (Å²) in [5, 5.41) is 2.25. The molecule has 15 heavy (non-hydrogen) atoms. The third kappa shape index (κ3) is 1.89. The van der Waals surface area contributed by atoms with E-state index in [2.05, 4.69) is 0 Å². The van der Waals surface area contributed by atoms with Gasteiger partial charge >= 0.3 is 0 Å². The number of thiophene rings is 1. The van der Waals surface area contributed by atoms with E-state index >= 15 is 0 Å². The maximum atomic E-state index is 13.6. The van der Waals surface area contributed by atoms with Crippen LogP contribution in [-0.4, -0.2) is 14.7 Å². The van der Waals surface area contributed by atoms with Crippen LogP contribution in [0.15, 0.2) is 29.6 Å². The van der Waals surface area contributed by atoms with Gasteiger partial charge in [0.15, 0.2) is 9.84 Å². The van der Waals surface area contributed by atoms with Crippen LogP contribution in [0.3, 0.4) is 0 Å². The number of rotatable bonds is 2. The van der Waals surface area contributed by atoms with Crippen molar-refractivity contribution in [2.24, 2.45) is 0 Å². The fourth-order valence-corrected chi connectivity index (χ4v) is 3.12. The summed E-state index contributed by atoms with van der Waals surface area (Å²) >= 11 is 1.35. The Kier molecular flexibility index (Phi) is 2.52. The molecule has 0 aliphatic rings. The molecule has 1 atom stereocenters. The number of halogens is 1. The van der Waals surface area contributed by atoms with E-state index in [0.29, 0.717) is 5.39 Å². The summed E-state index contributed by atoms with van der Waals surface area (Å²) in [6.45, 7) is 0. The Hall–Kier alpha value is -0.940. The first-order valence-electron chi connectivity index (χ1n) is 4.29. The molecule has 1 heterocycles. The van der Waals surface area contributed by atoms with Crippen molar-refractivity contribution in [2.45, 2.75) is 5.50 Å². The van der Waals surface area contributed by atoms with Gasteiger partial charge in [0.25, 0.3) is 0 Å². The van der Waals surface area contributed by atoms with Gasteiger partial charge < -0.3 is 0 Å². The van der Waals surface area contributed by atoms with Crippen molar-refractivity contribution in [1.29, 1.82) is 0 Å². The minimum Gasteiger partial charge on any atom is -0.226 e. The second-order valence-corrected chi connectivity index (χ2v) is 6.32. The molecule has 0 saturated carbocycles. The van der Waals surface area contributed by atoms with E-state index in [1.807, 2.05) is 12.1 Å². The van der Waals surface area contributed by atoms with Gasteiger partial charge in [0.05, 0.1) is 0 Å². The zero-order valence-electron chi connectivity index (χ0n) is 7.98. The van der Waals surface area contributed by atoms with E-state index < -0.39 is 15.3 Å². The van der Waals surface area contributed by atoms with Crippen LogP contribution in [-0.2, 0) is 9.84 Å². The van der Waals surface area contributed by atoms with Crippen molar-refractivity contribution in [3.05, 3.63) is 35.2 Å². The number of alkyl halides is 1. The zero-order chi connectivity index (χ0) is 11.1. The number of fused-ring (bicyclic) bond motifs is 1. The molecule has 0 aliphatic heterocycles. The maximum Gasteiger partial charge on any atom is 0.226 e. The maximum absolute atomic E-state index is 13.6. The molecule has 5 heteroatoms. The van der Waals surface area contributed by atoms with Crippen LogP contribution in [0.5, 0.6) is 0 Å². The zero-order valence-corrected chi connectivity index (χ0v) is 9.61. The lowest BCUT2D eigenvalue weighted by Crippen LogP contribution is -2.05. The van der Waals surface area contributed by atoms with E-state index in [1.54, 1.807) is 17.5 Å². The predicted octanol–water partition coefficient (Wildman–Crippen LogP) is 2.91. The van der Waals surface area contributed by atoms with Crippen LogP contribution < -0.4 is 0 Å². The second kappa shape index (κ2) is 3.57. The lowest BCUT2D eigenvalue weighted by Gasteiger charge is -2.04. The van der Waals surface area contributed by atoms with Crippen molar-refractivity contribution in [1.82, 2.24) is 0 Å². The highest BCUT2D eigenvalue weighted by Gasteiger charge is 2.24. The molecule has 0 N–H and O–H groups in total. The Morgan fingerprint density at radius 2 is 2.00 bits per heavy atom. The number of benzene rings is 1. The fraction of sp³-hybridized carbons (Fsp3) is 0.200. The van der Waals surface area contributed by atoms with E-state index in [4.69, 9.17) is 0 Å². The Labute approximate surface area is 91.3 Å². The molecular weight excluding hydrogens is 235 g/mol. The minimum atomic E-state index is -3.68. The molecular formula is C10H9FO2S2. The molecule has 2 rings (SSSR count). The molecule has 2 nitrogen and oxygen atoms in total. The normalized spacial score (nSPS) is 14.3. The molecule has 1 aromatic carbocycles. The van der Waals surface area contributed by atoms with E-state index in [1.165, 1.54) is 11.3 Å². The molecule has 2 aromatic rings. The van der Waals surface area contributed by atoms with Crippen LogP contribution in [0.1, 0.15) is 11.1 Å². The first kappa shape index (κ1) is 10.6. The summed E-state index contributed by atoms with van der Waals surface area (Å²) in [7, 11) is -3.68. The largest absolute Gasteiger partial charge is 0.226 e. The highest BCUT2D eigenvalue weighted by molar-refractivity contribution is 7.90. The molecule has 80 valence electrons. The summed E-state index contributed by atoms with van der Waals surface area (Å²) < 4.78 is 36.7. The van der Waals surface area contributed by atoms with Gasteiger partial charge in [0.2, 0.25) is 5.50 Å². The molecule has 1 aromatic heterocycles. The number of sulfone groups is 1. The van der Waals surface area contributed by atoms with Crippen molar-refractivity contribution in [3.63, 3.8) is 0 Å². The van der Waals surface area contributed by atoms with Gasteiger partial charge in [-0.3, -0.25) is 0 Å². The predicted molar refractivity (Wildman–Crippen MR) is 60.5 cm³/mol. The highest BCUT2D eigenvalue weighted by Crippen LogP contribution is 2.34. The standard InChI is InChI=1S/C10H9FO2S2/c1-15(12,13)10(11)8-6-14-9-5-3-2-4-7(8)9/h2-6,10H,1H3. The van der Waals surface area contributed by atoms with Gasteiger partial charge in [0, 0.05) is 16.5 Å². The Morgan fingerprint density at radius 1 is 1.33 bits per heavy atom. The summed E-state index contributed by atoms with van der Waals surface area (Å²) in [5.74, 6) is 0. The number of hydrogen-bond acceptors (Lipinski definition) is 3. The fourth-order valence-electron chi connectivity index (χ4n) is 1.40. The molecule has 1 unspecified atom stereocenters. The number of hydrogen-bond donors (Lipinski definition) is 0. The highest BCUT2D eigenvalue weighted by atomic mass is 32.2. The van der Waals surface area contributed by atoms with Gasteiger partial charge in [-0.05, 0) is 16.8 Å². The van der Waals surface area contributed by atoms with Gasteiger partial charge in [-0.1, -0.05) is 18.2 Å². The topological polar surface area (TPSA) is 34.1 Å². The molecule has 0 saturated heterocycles. The lowest BCUT2D eigenvalue weighted by molar-refractivity contribution is 0.436. The molecule has 0 bridgehead atoms. The van der Waals surface area contributed by atoms with E-state index in [-0.39, 0.29) is 5.56 Å². The molecule has 0 spiro atoms. The van der Waals surface area contributed by atoms with Crippen molar-refractivity contribution < 1.29 is 12.8 Å². The third-order valence-corrected chi connectivity index (χ3v) is 4.12. The van der Waals surface area contributed by atoms with Gasteiger partial charge in [-0.2, -0.15) is 0 Å². The Morgan fingerprint density at radius 3 is 2.67 bits per heavy atom. The Bertz CT molecular complexity index is 586. The SMILES string of the molecule is CS(=O)(=O)C(F)c1csc2ccccc12. The lowest BCUT2D eigenvalue weighted by atomic mass is 10.2. The quantitative estimate of drug-likeness (QED) is 0.814. The molecule has 0 fully saturated rings. The first-order chi connectivity index (χ1) is 7.00. The van der Waals surface area contributed by atoms with E-state index in [9.17, 15) is 12.8 Å². The minimum absolute atomic E-state index is 0.248. The first-order valence-corrected chi connectivity index (χ1v) is 7.12. The molecule has 0 amide bonds. The summed E-state index contributed by atoms with van der Waals surface area (Å²) in [5.41, 5.74) is -1.67. The van der Waals surface area contributed by atoms with Gasteiger partial charge in [-0.25, -0.2) is 12.8 Å². The van der Waals surface area contributed by atoms with Crippen LogP contribution in [0, 0.1) is 0 Å². The summed E-state index contributed by atoms with van der Waals surface area (Å²) in [4.78, 5) is 0. The van der Waals surface area contributed by atoms with Crippen molar-refractivity contribution in [2.75, 3.05) is 6.26 Å². The average molecular weight is 244 g/mol. The second-order valence-electron chi connectivity index (χ2n) is 3.33. The van der Waals surface area contributed by atoms with Crippen LogP contribution in [0.4, 0.5) is 4.39 Å². The van der Waals surface area contributed by atoms with Gasteiger partial charge in [-0.15, -0.1) is 11.3 Å². The smallest absolute Gasteiger partial charge is 0.226 e. The summed E-state index contributed by atoms with van der Waals surface area (Å²) in [6, 6.07) is 7.20. The monoisotopic (exact) mass is 244 g/mol. The van der Waals surface area contributed by atoms with E-state index in [0.717, 1.165) is 11.0 Å². The molecule has 0 radical (unpaired) electrons. The van der Waals surface area contributed by atoms with Crippen molar-refractivity contribution >= 4 is 31.3 Å². The van der Waals surface area contributed by atoms with Crippen LogP contribution in [0.2, 0.25) is 0 Å². The Balaban J connectivity index is 2.63. The van der Waals surface area contributed by atoms with Crippen LogP contribution >= 0.6 is 11.3 Å².